The highest BCUT2D eigenvalue weighted by Gasteiger charge is 2.32. The number of thioether (sulfide) groups is 1. The lowest BCUT2D eigenvalue weighted by Gasteiger charge is -2.27. The van der Waals surface area contributed by atoms with Gasteiger partial charge in [-0.05, 0) is 62.7 Å². The minimum atomic E-state index is -0.170. The van der Waals surface area contributed by atoms with Crippen LogP contribution in [0, 0.1) is 12.8 Å². The molecule has 0 radical (unpaired) electrons. The quantitative estimate of drug-likeness (QED) is 0.215. The second-order valence-corrected chi connectivity index (χ2v) is 12.0. The summed E-state index contributed by atoms with van der Waals surface area (Å²) in [6.07, 6.45) is 14.9. The van der Waals surface area contributed by atoms with Crippen LogP contribution in [-0.4, -0.2) is 37.1 Å². The number of thiocarbonyl (C=S) groups is 1. The largest absolute Gasteiger partial charge is 0.367 e. The number of hydrogen-bond acceptors (Lipinski definition) is 6. The minimum Gasteiger partial charge on any atom is -0.367 e. The molecule has 2 fully saturated rings. The normalized spacial score (nSPS) is 21.6. The number of nitrogens with zero attached hydrogens (tertiary/aromatic N) is 3. The Bertz CT molecular complexity index is 1200. The standard InChI is InChI=1S/C28H38N4O2S2/c1-4-5-6-7-8-9-16-31-27(34)23(36-28(31)35)17-22-25(29-21-13-10-19(2)11-14-21)30-24-15-12-20(3)18-32(24)26(22)33/h12,15,17-19,21,29H,4-11,13-14,16H2,1-3H3/b23-17+. The third kappa shape index (κ3) is 6.38. The number of hydrogen-bond donors (Lipinski definition) is 1. The number of amides is 1. The highest BCUT2D eigenvalue weighted by atomic mass is 32.2. The van der Waals surface area contributed by atoms with E-state index in [2.05, 4.69) is 19.2 Å². The predicted molar refractivity (Wildman–Crippen MR) is 154 cm³/mol. The molecule has 2 aliphatic rings. The Labute approximate surface area is 223 Å². The van der Waals surface area contributed by atoms with E-state index in [1.165, 1.54) is 37.4 Å². The lowest BCUT2D eigenvalue weighted by atomic mass is 9.87. The van der Waals surface area contributed by atoms with Crippen LogP contribution in [-0.2, 0) is 4.79 Å². The summed E-state index contributed by atoms with van der Waals surface area (Å²) in [6.45, 7) is 7.08. The monoisotopic (exact) mass is 526 g/mol. The second-order valence-electron chi connectivity index (χ2n) is 10.3. The maximum atomic E-state index is 13.6. The van der Waals surface area contributed by atoms with Gasteiger partial charge in [0.15, 0.2) is 0 Å². The van der Waals surface area contributed by atoms with E-state index < -0.39 is 0 Å². The van der Waals surface area contributed by atoms with Crippen molar-refractivity contribution in [1.82, 2.24) is 14.3 Å². The van der Waals surface area contributed by atoms with Crippen LogP contribution in [0.4, 0.5) is 5.82 Å². The van der Waals surface area contributed by atoms with Gasteiger partial charge in [0.1, 0.15) is 15.8 Å². The Hall–Kier alpha value is -2.19. The molecule has 6 nitrogen and oxygen atoms in total. The van der Waals surface area contributed by atoms with Crippen molar-refractivity contribution in [1.29, 1.82) is 0 Å². The molecule has 1 N–H and O–H groups in total. The molecule has 4 rings (SSSR count). The molecule has 36 heavy (non-hydrogen) atoms. The van der Waals surface area contributed by atoms with E-state index >= 15 is 0 Å². The molecule has 1 saturated carbocycles. The van der Waals surface area contributed by atoms with Crippen molar-refractivity contribution >= 4 is 51.7 Å². The van der Waals surface area contributed by atoms with E-state index in [0.717, 1.165) is 50.0 Å². The third-order valence-corrected chi connectivity index (χ3v) is 8.62. The fourth-order valence-corrected chi connectivity index (χ4v) is 6.26. The van der Waals surface area contributed by atoms with Crippen LogP contribution >= 0.6 is 24.0 Å². The van der Waals surface area contributed by atoms with Gasteiger partial charge in [0.05, 0.1) is 10.5 Å². The van der Waals surface area contributed by atoms with E-state index in [4.69, 9.17) is 17.2 Å². The van der Waals surface area contributed by atoms with Gasteiger partial charge < -0.3 is 5.32 Å². The number of aromatic nitrogens is 2. The molecule has 0 aromatic carbocycles. The van der Waals surface area contributed by atoms with Gasteiger partial charge >= 0.3 is 0 Å². The van der Waals surface area contributed by atoms with E-state index in [-0.39, 0.29) is 17.5 Å². The first-order valence-electron chi connectivity index (χ1n) is 13.4. The van der Waals surface area contributed by atoms with Gasteiger partial charge in [0, 0.05) is 18.8 Å². The van der Waals surface area contributed by atoms with Crippen LogP contribution in [0.15, 0.2) is 28.0 Å². The van der Waals surface area contributed by atoms with E-state index in [1.807, 2.05) is 19.1 Å². The van der Waals surface area contributed by atoms with Gasteiger partial charge in [-0.3, -0.25) is 18.9 Å². The number of nitrogens with one attached hydrogen (secondary N) is 1. The number of carbonyl (C=O) groups is 1. The highest BCUT2D eigenvalue weighted by molar-refractivity contribution is 8.26. The fourth-order valence-electron chi connectivity index (χ4n) is 4.97. The zero-order valence-electron chi connectivity index (χ0n) is 21.7. The first kappa shape index (κ1) is 26.9. The van der Waals surface area contributed by atoms with Crippen molar-refractivity contribution in [2.24, 2.45) is 5.92 Å². The molecule has 1 amide bonds. The summed E-state index contributed by atoms with van der Waals surface area (Å²) in [5, 5.41) is 3.55. The highest BCUT2D eigenvalue weighted by Crippen LogP contribution is 2.34. The number of unbranched alkanes of at least 4 members (excludes halogenated alkanes) is 5. The lowest BCUT2D eigenvalue weighted by molar-refractivity contribution is -0.122. The van der Waals surface area contributed by atoms with Gasteiger partial charge in [-0.25, -0.2) is 4.98 Å². The van der Waals surface area contributed by atoms with E-state index in [0.29, 0.717) is 32.8 Å². The minimum absolute atomic E-state index is 0.107. The zero-order valence-corrected chi connectivity index (χ0v) is 23.3. The molecule has 1 aliphatic carbocycles. The molecule has 0 bridgehead atoms. The van der Waals surface area contributed by atoms with Crippen LogP contribution in [0.25, 0.3) is 11.7 Å². The zero-order chi connectivity index (χ0) is 25.7. The fraction of sp³-hybridized carbons (Fsp3) is 0.571. The smallest absolute Gasteiger partial charge is 0.267 e. The Balaban J connectivity index is 1.59. The van der Waals surface area contributed by atoms with E-state index in [9.17, 15) is 9.59 Å². The first-order valence-corrected chi connectivity index (χ1v) is 14.6. The first-order chi connectivity index (χ1) is 17.4. The Morgan fingerprint density at radius 2 is 1.83 bits per heavy atom. The van der Waals surface area contributed by atoms with Crippen LogP contribution < -0.4 is 10.9 Å². The molecule has 3 heterocycles. The number of fused-ring (bicyclic) bond motifs is 1. The number of rotatable bonds is 10. The SMILES string of the molecule is CCCCCCCCN1C(=O)/C(=C\c2c(NC3CCC(C)CC3)nc3ccc(C)cn3c2=O)SC1=S. The van der Waals surface area contributed by atoms with Crippen molar-refractivity contribution in [2.75, 3.05) is 11.9 Å². The predicted octanol–water partition coefficient (Wildman–Crippen LogP) is 6.56. The molecular formula is C28H38N4O2S2. The lowest BCUT2D eigenvalue weighted by Crippen LogP contribution is -2.30. The molecule has 0 spiro atoms. The summed E-state index contributed by atoms with van der Waals surface area (Å²) >= 11 is 6.83. The topological polar surface area (TPSA) is 66.7 Å². The molecule has 1 aliphatic heterocycles. The number of anilines is 1. The number of aryl methyl sites for hydroxylation is 1. The molecule has 2 aromatic heterocycles. The van der Waals surface area contributed by atoms with Crippen LogP contribution in [0.5, 0.6) is 0 Å². The van der Waals surface area contributed by atoms with Crippen LogP contribution in [0.1, 0.15) is 89.2 Å². The number of pyridine rings is 1. The van der Waals surface area contributed by atoms with Gasteiger partial charge in [-0.15, -0.1) is 0 Å². The van der Waals surface area contributed by atoms with Gasteiger partial charge in [0.2, 0.25) is 0 Å². The van der Waals surface area contributed by atoms with Crippen LogP contribution in [0.2, 0.25) is 0 Å². The van der Waals surface area contributed by atoms with Crippen molar-refractivity contribution in [3.05, 3.63) is 44.7 Å². The maximum absolute atomic E-state index is 13.6. The van der Waals surface area contributed by atoms with Crippen molar-refractivity contribution in [3.8, 4) is 0 Å². The molecule has 0 unspecified atom stereocenters. The van der Waals surface area contributed by atoms with E-state index in [1.54, 1.807) is 21.6 Å². The van der Waals surface area contributed by atoms with Gasteiger partial charge in [0.25, 0.3) is 11.5 Å². The van der Waals surface area contributed by atoms with Gasteiger partial charge in [-0.2, -0.15) is 0 Å². The Kier molecular flexibility index (Phi) is 9.23. The average Bonchev–Trinajstić information content (AvgIpc) is 3.12. The summed E-state index contributed by atoms with van der Waals surface area (Å²) < 4.78 is 2.15. The Morgan fingerprint density at radius 1 is 1.11 bits per heavy atom. The molecular weight excluding hydrogens is 488 g/mol. The number of carbonyl (C=O) groups excluding carboxylic acids is 1. The summed E-state index contributed by atoms with van der Waals surface area (Å²) in [5.74, 6) is 1.18. The molecule has 0 atom stereocenters. The second kappa shape index (κ2) is 12.4. The third-order valence-electron chi connectivity index (χ3n) is 7.25. The summed E-state index contributed by atoms with van der Waals surface area (Å²) in [7, 11) is 0. The Morgan fingerprint density at radius 3 is 2.58 bits per heavy atom. The average molecular weight is 527 g/mol. The molecule has 194 valence electrons. The summed E-state index contributed by atoms with van der Waals surface area (Å²) in [6, 6.07) is 4.10. The molecule has 1 saturated heterocycles. The van der Waals surface area contributed by atoms with Crippen molar-refractivity contribution in [2.45, 2.75) is 91.0 Å². The maximum Gasteiger partial charge on any atom is 0.267 e. The molecule has 8 heteroatoms. The van der Waals surface area contributed by atoms with Crippen molar-refractivity contribution in [3.63, 3.8) is 0 Å². The summed E-state index contributed by atoms with van der Waals surface area (Å²) in [4.78, 5) is 33.9. The summed E-state index contributed by atoms with van der Waals surface area (Å²) in [5.41, 5.74) is 1.84. The van der Waals surface area contributed by atoms with Crippen molar-refractivity contribution < 1.29 is 4.79 Å². The molecule has 2 aromatic rings. The van der Waals surface area contributed by atoms with Crippen LogP contribution in [0.3, 0.4) is 0 Å². The van der Waals surface area contributed by atoms with Gasteiger partial charge in [-0.1, -0.05) is 76.0 Å².